The molecule has 0 spiro atoms. The Morgan fingerprint density at radius 3 is 2.51 bits per heavy atom. The monoisotopic (exact) mass is 646 g/mol. The zero-order valence-corrected chi connectivity index (χ0v) is 25.5. The summed E-state index contributed by atoms with van der Waals surface area (Å²) in [5, 5.41) is 29.4. The van der Waals surface area contributed by atoms with E-state index in [1.165, 1.54) is 11.1 Å². The normalized spacial score (nSPS) is 18.5. The predicted molar refractivity (Wildman–Crippen MR) is 168 cm³/mol. The van der Waals surface area contributed by atoms with Crippen molar-refractivity contribution in [1.29, 1.82) is 5.39 Å². The summed E-state index contributed by atoms with van der Waals surface area (Å²) in [5.74, 6) is -1.72. The number of urea groups is 1. The summed E-state index contributed by atoms with van der Waals surface area (Å²) in [6.45, 7) is 3.64. The number of aliphatic hydroxyl groups excluding tert-OH is 1. The second-order valence-electron chi connectivity index (χ2n) is 10.7. The van der Waals surface area contributed by atoms with Crippen LogP contribution in [0.5, 0.6) is 11.5 Å². The first-order valence-electron chi connectivity index (χ1n) is 15.0. The smallest absolute Gasteiger partial charge is 0.389 e. The van der Waals surface area contributed by atoms with E-state index in [-0.39, 0.29) is 45.3 Å². The quantitative estimate of drug-likeness (QED) is 0.115. The summed E-state index contributed by atoms with van der Waals surface area (Å²) in [6, 6.07) is 11.6. The molecule has 0 bridgehead atoms. The van der Waals surface area contributed by atoms with Crippen molar-refractivity contribution in [3.05, 3.63) is 84.2 Å². The number of esters is 1. The molecule has 15 nitrogen and oxygen atoms in total. The second kappa shape index (κ2) is 16.4. The molecular formula is C32H36N7O8+. The molecule has 2 saturated heterocycles. The Bertz CT molecular complexity index is 1540. The van der Waals surface area contributed by atoms with Crippen LogP contribution in [0, 0.1) is 5.39 Å². The number of hydrazine groups is 1. The SMILES string of the molecule is C=CCOC(=O)CC[C@H](NC(=O)[C@@H]1CCCN2C(=O)CC[C@H](NC(=O)Nc3ccc(Oc4ccccc4)cc3)C(=O)N12)/C(O)=C/[N+]#N. The highest BCUT2D eigenvalue weighted by Gasteiger charge is 2.45. The third-order valence-corrected chi connectivity index (χ3v) is 7.42. The average molecular weight is 647 g/mol. The molecule has 0 radical (unpaired) electrons. The molecule has 246 valence electrons. The van der Waals surface area contributed by atoms with E-state index in [0.717, 1.165) is 5.01 Å². The Kier molecular flexibility index (Phi) is 11.9. The van der Waals surface area contributed by atoms with Gasteiger partial charge in [0.15, 0.2) is 4.98 Å². The minimum atomic E-state index is -1.17. The van der Waals surface area contributed by atoms with Crippen LogP contribution in [-0.2, 0) is 23.9 Å². The van der Waals surface area contributed by atoms with Crippen molar-refractivity contribution in [2.75, 3.05) is 18.5 Å². The average Bonchev–Trinajstić information content (AvgIpc) is 3.19. The summed E-state index contributed by atoms with van der Waals surface area (Å²) in [7, 11) is 0. The molecule has 4 N–H and O–H groups in total. The summed E-state index contributed by atoms with van der Waals surface area (Å²) in [6.07, 6.45) is 2.31. The number of ether oxygens (including phenoxy) is 2. The highest BCUT2D eigenvalue weighted by atomic mass is 16.5. The zero-order chi connectivity index (χ0) is 33.8. The number of rotatable bonds is 12. The van der Waals surface area contributed by atoms with Gasteiger partial charge in [0.25, 0.3) is 5.91 Å². The van der Waals surface area contributed by atoms with E-state index in [2.05, 4.69) is 27.5 Å². The van der Waals surface area contributed by atoms with Crippen molar-refractivity contribution in [2.24, 2.45) is 0 Å². The molecule has 0 saturated carbocycles. The molecule has 4 rings (SSSR count). The van der Waals surface area contributed by atoms with Crippen LogP contribution in [0.15, 0.2) is 79.2 Å². The van der Waals surface area contributed by atoms with E-state index in [1.54, 1.807) is 24.3 Å². The first-order chi connectivity index (χ1) is 22.7. The number of aliphatic hydroxyl groups is 1. The highest BCUT2D eigenvalue weighted by molar-refractivity contribution is 5.97. The van der Waals surface area contributed by atoms with Crippen LogP contribution in [-0.4, -0.2) is 76.1 Å². The van der Waals surface area contributed by atoms with E-state index in [0.29, 0.717) is 29.8 Å². The van der Waals surface area contributed by atoms with Gasteiger partial charge in [-0.15, -0.1) is 0 Å². The van der Waals surface area contributed by atoms with Crippen LogP contribution in [0.4, 0.5) is 10.5 Å². The van der Waals surface area contributed by atoms with Crippen LogP contribution >= 0.6 is 0 Å². The third kappa shape index (κ3) is 9.30. The second-order valence-corrected chi connectivity index (χ2v) is 10.7. The van der Waals surface area contributed by atoms with Gasteiger partial charge in [-0.3, -0.25) is 24.2 Å². The van der Waals surface area contributed by atoms with Gasteiger partial charge in [0.05, 0.1) is 6.04 Å². The predicted octanol–water partition coefficient (Wildman–Crippen LogP) is 3.74. The number of hydrogen-bond donors (Lipinski definition) is 4. The lowest BCUT2D eigenvalue weighted by atomic mass is 10.0. The van der Waals surface area contributed by atoms with Crippen molar-refractivity contribution < 1.29 is 38.6 Å². The fourth-order valence-corrected chi connectivity index (χ4v) is 5.16. The number of benzene rings is 2. The Morgan fingerprint density at radius 2 is 1.81 bits per heavy atom. The molecular weight excluding hydrogens is 610 g/mol. The van der Waals surface area contributed by atoms with Crippen LogP contribution in [0.2, 0.25) is 0 Å². The van der Waals surface area contributed by atoms with Crippen molar-refractivity contribution in [2.45, 2.75) is 56.7 Å². The summed E-state index contributed by atoms with van der Waals surface area (Å²) >= 11 is 0. The van der Waals surface area contributed by atoms with Crippen molar-refractivity contribution >= 4 is 35.4 Å². The largest absolute Gasteiger partial charge is 0.504 e. The topological polar surface area (TPSA) is 195 Å². The number of amides is 5. The first-order valence-corrected chi connectivity index (χ1v) is 15.0. The van der Waals surface area contributed by atoms with Crippen LogP contribution in [0.1, 0.15) is 38.5 Å². The van der Waals surface area contributed by atoms with Gasteiger partial charge in [-0.1, -0.05) is 30.9 Å². The zero-order valence-electron chi connectivity index (χ0n) is 25.5. The minimum absolute atomic E-state index is 0.00720. The molecule has 5 amide bonds. The number of fused-ring (bicyclic) bond motifs is 1. The molecule has 15 heteroatoms. The number of diazo groups is 1. The minimum Gasteiger partial charge on any atom is -0.504 e. The van der Waals surface area contributed by atoms with E-state index in [9.17, 15) is 29.1 Å². The Labute approximate surface area is 270 Å². The number of para-hydroxylation sites is 1. The number of hydrogen-bond acceptors (Lipinski definition) is 9. The van der Waals surface area contributed by atoms with Gasteiger partial charge in [0.2, 0.25) is 23.0 Å². The van der Waals surface area contributed by atoms with E-state index >= 15 is 0 Å². The van der Waals surface area contributed by atoms with Gasteiger partial charge in [0, 0.05) is 25.1 Å². The number of carbonyl (C=O) groups is 5. The van der Waals surface area contributed by atoms with E-state index < -0.39 is 53.6 Å². The number of nitrogens with zero attached hydrogens (tertiary/aromatic N) is 4. The van der Waals surface area contributed by atoms with Gasteiger partial charge in [-0.25, -0.2) is 9.80 Å². The molecule has 2 aliphatic heterocycles. The summed E-state index contributed by atoms with van der Waals surface area (Å²) < 4.78 is 10.7. The molecule has 0 aromatic heterocycles. The molecule has 0 unspecified atom stereocenters. The molecule has 2 fully saturated rings. The molecule has 2 aromatic rings. The molecule has 2 aromatic carbocycles. The van der Waals surface area contributed by atoms with Crippen molar-refractivity contribution in [3.63, 3.8) is 0 Å². The number of carbonyl (C=O) groups excluding carboxylic acids is 5. The van der Waals surface area contributed by atoms with Crippen molar-refractivity contribution in [1.82, 2.24) is 20.7 Å². The van der Waals surface area contributed by atoms with Gasteiger partial charge >= 0.3 is 18.2 Å². The maximum atomic E-state index is 13.8. The van der Waals surface area contributed by atoms with Gasteiger partial charge < -0.3 is 30.5 Å². The molecule has 2 aliphatic rings. The lowest BCUT2D eigenvalue weighted by Gasteiger charge is -2.43. The van der Waals surface area contributed by atoms with Crippen LogP contribution in [0.3, 0.4) is 0 Å². The Hall–Kier alpha value is -5.91. The fourth-order valence-electron chi connectivity index (χ4n) is 5.16. The van der Waals surface area contributed by atoms with Crippen LogP contribution < -0.4 is 20.7 Å². The Morgan fingerprint density at radius 1 is 1.09 bits per heavy atom. The lowest BCUT2D eigenvalue weighted by molar-refractivity contribution is -0.176. The molecule has 0 aliphatic carbocycles. The standard InChI is InChI=1S/C32H35N7O8/c1-2-19-46-29(42)17-15-24(27(40)20-34-33)36-30(43)26-9-6-18-38-28(41)16-14-25(31(44)39(26)38)37-32(45)35-21-10-12-23(13-11-21)47-22-7-4-3-5-8-22/h2-5,7-8,10-13,20,24-26H,1,6,9,14-19H2,(H3-,35,36,37,40,43,45)/p+1/b27-20-/t24-,25-,26-/m0/s1. The maximum Gasteiger partial charge on any atom is 0.389 e. The molecule has 47 heavy (non-hydrogen) atoms. The number of anilines is 1. The van der Waals surface area contributed by atoms with Gasteiger partial charge in [-0.2, -0.15) is 0 Å². The number of nitrogens with one attached hydrogen (secondary N) is 3. The summed E-state index contributed by atoms with van der Waals surface area (Å²) in [5.41, 5.74) is 0.429. The Balaban J connectivity index is 1.43. The fraction of sp³-hybridized carbons (Fsp3) is 0.344. The molecule has 3 atom stereocenters. The first kappa shape index (κ1) is 34.0. The van der Waals surface area contributed by atoms with Gasteiger partial charge in [0.1, 0.15) is 30.2 Å². The van der Waals surface area contributed by atoms with E-state index in [4.69, 9.17) is 14.9 Å². The lowest BCUT2D eigenvalue weighted by Crippen LogP contribution is -2.64. The molecule has 2 heterocycles. The van der Waals surface area contributed by atoms with E-state index in [1.807, 2.05) is 30.3 Å². The van der Waals surface area contributed by atoms with Crippen molar-refractivity contribution in [3.8, 4) is 11.5 Å². The maximum absolute atomic E-state index is 13.8. The third-order valence-electron chi connectivity index (χ3n) is 7.42. The van der Waals surface area contributed by atoms with Gasteiger partial charge in [-0.05, 0) is 62.1 Å². The summed E-state index contributed by atoms with van der Waals surface area (Å²) in [4.78, 5) is 68.1. The highest BCUT2D eigenvalue weighted by Crippen LogP contribution is 2.26. The van der Waals surface area contributed by atoms with Crippen LogP contribution in [0.25, 0.3) is 4.98 Å².